The molecule has 17 rings (SSSR count). The van der Waals surface area contributed by atoms with Crippen molar-refractivity contribution in [1.29, 1.82) is 0 Å². The molecule has 5 aliphatic rings. The van der Waals surface area contributed by atoms with Gasteiger partial charge in [0.2, 0.25) is 5.69 Å². The summed E-state index contributed by atoms with van der Waals surface area (Å²) in [5, 5.41) is 0. The van der Waals surface area contributed by atoms with Gasteiger partial charge in [-0.2, -0.15) is 0 Å². The number of aryl methyl sites for hydroxylation is 6. The number of fused-ring (bicyclic) bond motifs is 13. The van der Waals surface area contributed by atoms with Crippen molar-refractivity contribution in [2.45, 2.75) is 208 Å². The van der Waals surface area contributed by atoms with E-state index in [-0.39, 0.29) is 5.41 Å². The summed E-state index contributed by atoms with van der Waals surface area (Å²) in [6, 6.07) is 80.4. The van der Waals surface area contributed by atoms with Crippen LogP contribution in [0, 0.1) is 54.8 Å². The first-order chi connectivity index (χ1) is 52.5. The molecule has 1 heterocycles. The van der Waals surface area contributed by atoms with Gasteiger partial charge in [-0.25, -0.2) is 4.57 Å². The molecular formula is C109H122N+. The summed E-state index contributed by atoms with van der Waals surface area (Å²) in [5.41, 5.74) is 51.7. The van der Waals surface area contributed by atoms with Gasteiger partial charge < -0.3 is 0 Å². The average Bonchev–Trinajstić information content (AvgIpc) is 1.58. The van der Waals surface area contributed by atoms with Crippen LogP contribution >= 0.6 is 0 Å². The standard InChI is InChI=1S/C30H36.2C28H32.C23H22N/c1-20-12-15-25(27-17-21-10-8-9-11-26(21)28(20)27)22-13-14-23(18-29(2,3)4)24(16-22)19-30(5,6)7;1-19(2)15-23-16-21(13-14-22(23)18-28(3,4)5)25-11-8-12-26-24-10-7-6-9-20(24)17-27(25)26;1-18(2)14-21-11-12-23(16-24(21)15-19(3)4)25-13-10-20(5)28-26-9-7-6-8-22(26)17-27(25)28;1-15-10-11-20-19-9-4-3-6-17(19)12-21(20)23(15)22-13-16-7-5-8-18(16)14-24(22)2/h8-16H,17-19H2,1-7H3;6-14,16,19H,15,17-18H2,1-5H3;6-13,16,18-19H,14-15,17H2,1-5H3;3-4,6,9-11,13-14H,5,7-8,12H2,1-2H3/q;;;+1. The fourth-order valence-corrected chi connectivity index (χ4v) is 18.9. The molecule has 0 aliphatic heterocycles. The molecule has 1 heteroatoms. The van der Waals surface area contributed by atoms with Crippen molar-refractivity contribution < 1.29 is 4.57 Å². The molecule has 0 bridgehead atoms. The summed E-state index contributed by atoms with van der Waals surface area (Å²) in [4.78, 5) is 0. The van der Waals surface area contributed by atoms with E-state index >= 15 is 0 Å². The first kappa shape index (κ1) is 77.3. The Bertz CT molecular complexity index is 5420. The predicted octanol–water partition coefficient (Wildman–Crippen LogP) is 28.3. The third-order valence-electron chi connectivity index (χ3n) is 23.6. The SMILES string of the molecule is CC(C)Cc1cc(-c2cccc3c2Cc2ccccc2-3)ccc1CC(C)(C)C.Cc1ccc(-c2ccc(CC(C)(C)C)c(CC(C)(C)C)c2)c2c1-c1ccccc1C2.Cc1ccc(-c2ccc(CC(C)C)c(CC(C)C)c2)c2c1-c1ccccc1C2.Cc1ccc2c(c1-c1cc3c(c[n+]1C)CCC3)Cc1ccccc1-2. The summed E-state index contributed by atoms with van der Waals surface area (Å²) < 4.78 is 2.34. The molecule has 5 aliphatic carbocycles. The monoisotopic (exact) mass is 1440 g/mol. The van der Waals surface area contributed by atoms with Crippen LogP contribution in [0.3, 0.4) is 0 Å². The van der Waals surface area contributed by atoms with Gasteiger partial charge in [0.05, 0.1) is 5.56 Å². The zero-order valence-corrected chi connectivity index (χ0v) is 70.2. The molecule has 0 atom stereocenters. The molecule has 12 aromatic rings. The van der Waals surface area contributed by atoms with Crippen LogP contribution in [0.5, 0.6) is 0 Å². The lowest BCUT2D eigenvalue weighted by Gasteiger charge is -2.25. The Morgan fingerprint density at radius 2 is 0.627 bits per heavy atom. The fraction of sp³-hybridized carbons (Fsp3) is 0.349. The highest BCUT2D eigenvalue weighted by Crippen LogP contribution is 2.49. The Hall–Kier alpha value is -9.43. The van der Waals surface area contributed by atoms with Gasteiger partial charge in [0, 0.05) is 11.6 Å². The van der Waals surface area contributed by atoms with E-state index in [1.165, 1.54) is 215 Å². The highest BCUT2D eigenvalue weighted by Gasteiger charge is 2.31. The van der Waals surface area contributed by atoms with Crippen LogP contribution in [0.15, 0.2) is 219 Å². The molecule has 0 amide bonds. The van der Waals surface area contributed by atoms with Crippen molar-refractivity contribution >= 4 is 0 Å². The minimum atomic E-state index is 0.275. The Balaban J connectivity index is 0.000000123. The zero-order valence-electron chi connectivity index (χ0n) is 70.2. The zero-order chi connectivity index (χ0) is 77.7. The normalized spacial score (nSPS) is 13.3. The van der Waals surface area contributed by atoms with Gasteiger partial charge in [-0.05, 0) is 316 Å². The second-order valence-corrected chi connectivity index (χ2v) is 38.1. The molecule has 0 spiro atoms. The van der Waals surface area contributed by atoms with Crippen LogP contribution in [0.2, 0.25) is 0 Å². The number of nitrogens with zero attached hydrogens (tertiary/aromatic N) is 1. The third-order valence-corrected chi connectivity index (χ3v) is 23.6. The summed E-state index contributed by atoms with van der Waals surface area (Å²) in [6.45, 7) is 41.8. The van der Waals surface area contributed by atoms with Crippen LogP contribution in [-0.4, -0.2) is 0 Å². The molecule has 0 saturated heterocycles. The summed E-state index contributed by atoms with van der Waals surface area (Å²) in [6.07, 6.45) is 17.2. The Morgan fingerprint density at radius 1 is 0.291 bits per heavy atom. The van der Waals surface area contributed by atoms with Crippen LogP contribution in [0.4, 0.5) is 0 Å². The lowest BCUT2D eigenvalue weighted by atomic mass is 9.80. The molecule has 0 saturated carbocycles. The molecule has 0 fully saturated rings. The molecule has 110 heavy (non-hydrogen) atoms. The van der Waals surface area contributed by atoms with Crippen LogP contribution in [0.1, 0.15) is 216 Å². The number of rotatable bonds is 13. The summed E-state index contributed by atoms with van der Waals surface area (Å²) in [7, 11) is 2.20. The van der Waals surface area contributed by atoms with Gasteiger partial charge in [0.15, 0.2) is 6.20 Å². The van der Waals surface area contributed by atoms with Gasteiger partial charge in [-0.15, -0.1) is 0 Å². The maximum atomic E-state index is 2.49. The second kappa shape index (κ2) is 31.7. The van der Waals surface area contributed by atoms with Crippen molar-refractivity contribution in [3.8, 4) is 89.1 Å². The number of hydrogen-bond donors (Lipinski definition) is 0. The van der Waals surface area contributed by atoms with Crippen LogP contribution in [0.25, 0.3) is 89.1 Å². The minimum Gasteiger partial charge on any atom is -0.201 e. The Morgan fingerprint density at radius 3 is 1.11 bits per heavy atom. The van der Waals surface area contributed by atoms with Crippen molar-refractivity contribution in [1.82, 2.24) is 0 Å². The van der Waals surface area contributed by atoms with Gasteiger partial charge in [-0.3, -0.25) is 0 Å². The topological polar surface area (TPSA) is 3.88 Å². The molecule has 1 aromatic heterocycles. The highest BCUT2D eigenvalue weighted by atomic mass is 14.9. The van der Waals surface area contributed by atoms with Crippen molar-refractivity contribution in [2.24, 2.45) is 41.0 Å². The number of pyridine rings is 1. The smallest absolute Gasteiger partial charge is 0.201 e. The fourth-order valence-electron chi connectivity index (χ4n) is 18.9. The van der Waals surface area contributed by atoms with E-state index in [0.717, 1.165) is 57.8 Å². The maximum Gasteiger partial charge on any atom is 0.213 e. The van der Waals surface area contributed by atoms with Crippen molar-refractivity contribution in [3.63, 3.8) is 0 Å². The first-order valence-electron chi connectivity index (χ1n) is 41.7. The van der Waals surface area contributed by atoms with Gasteiger partial charge in [0.1, 0.15) is 7.05 Å². The second-order valence-electron chi connectivity index (χ2n) is 38.1. The van der Waals surface area contributed by atoms with E-state index in [0.29, 0.717) is 28.6 Å². The van der Waals surface area contributed by atoms with E-state index in [2.05, 4.69) is 355 Å². The molecule has 1 nitrogen and oxygen atoms in total. The molecular weight excluding hydrogens is 1320 g/mol. The van der Waals surface area contributed by atoms with Crippen LogP contribution < -0.4 is 4.57 Å². The summed E-state index contributed by atoms with van der Waals surface area (Å²) >= 11 is 0. The van der Waals surface area contributed by atoms with Gasteiger partial charge >= 0.3 is 0 Å². The van der Waals surface area contributed by atoms with Crippen molar-refractivity contribution in [2.75, 3.05) is 0 Å². The number of aromatic nitrogens is 1. The van der Waals surface area contributed by atoms with E-state index in [4.69, 9.17) is 0 Å². The Kier molecular flexibility index (Phi) is 22.3. The first-order valence-corrected chi connectivity index (χ1v) is 41.7. The third kappa shape index (κ3) is 16.9. The number of benzene rings is 11. The molecule has 0 radical (unpaired) electrons. The molecule has 0 N–H and O–H groups in total. The van der Waals surface area contributed by atoms with Gasteiger partial charge in [0.25, 0.3) is 0 Å². The summed E-state index contributed by atoms with van der Waals surface area (Å²) in [5.74, 6) is 2.03. The number of hydrogen-bond acceptors (Lipinski definition) is 0. The molecule has 11 aromatic carbocycles. The van der Waals surface area contributed by atoms with E-state index < -0.39 is 0 Å². The predicted molar refractivity (Wildman–Crippen MR) is 473 cm³/mol. The highest BCUT2D eigenvalue weighted by molar-refractivity contribution is 5.90. The minimum absolute atomic E-state index is 0.275. The van der Waals surface area contributed by atoms with E-state index in [1.807, 2.05) is 0 Å². The maximum absolute atomic E-state index is 2.49. The lowest BCUT2D eigenvalue weighted by Crippen LogP contribution is -2.32. The Labute approximate surface area is 662 Å². The van der Waals surface area contributed by atoms with Crippen molar-refractivity contribution in [3.05, 3.63) is 324 Å². The van der Waals surface area contributed by atoms with Gasteiger partial charge in [-0.1, -0.05) is 310 Å². The largest absolute Gasteiger partial charge is 0.213 e. The molecule has 0 unspecified atom stereocenters. The average molecular weight is 1450 g/mol. The van der Waals surface area contributed by atoms with Crippen LogP contribution in [-0.2, 0) is 84.1 Å². The lowest BCUT2D eigenvalue weighted by molar-refractivity contribution is -0.660. The van der Waals surface area contributed by atoms with E-state index in [9.17, 15) is 0 Å². The molecule has 562 valence electrons. The van der Waals surface area contributed by atoms with E-state index in [1.54, 1.807) is 5.56 Å². The quantitative estimate of drug-likeness (QED) is 0.101.